The van der Waals surface area contributed by atoms with Gasteiger partial charge in [0, 0.05) is 22.6 Å². The molecule has 5 heteroatoms. The number of hydrogen-bond acceptors (Lipinski definition) is 2. The maximum absolute atomic E-state index is 13.8. The summed E-state index contributed by atoms with van der Waals surface area (Å²) in [7, 11) is 0. The molecule has 1 aromatic carbocycles. The smallest absolute Gasteiger partial charge is 0.194 e. The minimum Gasteiger partial charge on any atom is -0.309 e. The zero-order chi connectivity index (χ0) is 14.4. The van der Waals surface area contributed by atoms with Crippen molar-refractivity contribution >= 4 is 11.8 Å². The Morgan fingerprint density at radius 3 is 2.42 bits per heavy atom. The average molecular weight is 291 g/mol. The fourth-order valence-corrected chi connectivity index (χ4v) is 2.75. The predicted octanol–water partition coefficient (Wildman–Crippen LogP) is 4.29. The lowest BCUT2D eigenvalue weighted by atomic mass is 10.1. The quantitative estimate of drug-likeness (QED) is 0.752. The molecule has 0 aliphatic rings. The second-order valence-electron chi connectivity index (χ2n) is 4.43. The zero-order valence-corrected chi connectivity index (χ0v) is 12.3. The van der Waals surface area contributed by atoms with Crippen LogP contribution in [0, 0.1) is 17.5 Å². The molecule has 0 bridgehead atoms. The maximum Gasteiger partial charge on any atom is 0.194 e. The monoisotopic (exact) mass is 291 g/mol. The molecule has 19 heavy (non-hydrogen) atoms. The Morgan fingerprint density at radius 2 is 1.84 bits per heavy atom. The van der Waals surface area contributed by atoms with Crippen molar-refractivity contribution in [3.63, 3.8) is 0 Å². The van der Waals surface area contributed by atoms with Crippen molar-refractivity contribution in [3.8, 4) is 0 Å². The number of halogens is 3. The van der Waals surface area contributed by atoms with E-state index in [1.807, 2.05) is 6.92 Å². The largest absolute Gasteiger partial charge is 0.309 e. The first-order valence-electron chi connectivity index (χ1n) is 6.49. The van der Waals surface area contributed by atoms with E-state index in [9.17, 15) is 13.2 Å². The van der Waals surface area contributed by atoms with Crippen molar-refractivity contribution in [2.24, 2.45) is 0 Å². The van der Waals surface area contributed by atoms with E-state index >= 15 is 0 Å². The van der Waals surface area contributed by atoms with E-state index in [2.05, 4.69) is 19.2 Å². The number of benzene rings is 1. The average Bonchev–Trinajstić information content (AvgIpc) is 2.41. The first kappa shape index (κ1) is 16.4. The van der Waals surface area contributed by atoms with Gasteiger partial charge in [-0.05, 0) is 19.0 Å². The summed E-state index contributed by atoms with van der Waals surface area (Å²) in [5.41, 5.74) is 0.191. The van der Waals surface area contributed by atoms with Gasteiger partial charge in [0.25, 0.3) is 0 Å². The second kappa shape index (κ2) is 7.80. The van der Waals surface area contributed by atoms with E-state index in [-0.39, 0.29) is 11.6 Å². The van der Waals surface area contributed by atoms with Crippen LogP contribution >= 0.6 is 11.8 Å². The van der Waals surface area contributed by atoms with Gasteiger partial charge in [-0.2, -0.15) is 11.8 Å². The highest BCUT2D eigenvalue weighted by Gasteiger charge is 2.20. The van der Waals surface area contributed by atoms with Crippen molar-refractivity contribution in [2.45, 2.75) is 38.5 Å². The Balaban J connectivity index is 2.89. The number of nitrogens with one attached hydrogen (secondary N) is 1. The summed E-state index contributed by atoms with van der Waals surface area (Å²) in [4.78, 5) is 0. The molecule has 0 heterocycles. The molecule has 108 valence electrons. The van der Waals surface area contributed by atoms with Crippen LogP contribution in [0.2, 0.25) is 0 Å². The van der Waals surface area contributed by atoms with Gasteiger partial charge in [-0.25, -0.2) is 13.2 Å². The fraction of sp³-hybridized carbons (Fsp3) is 0.571. The molecule has 1 rings (SSSR count). The van der Waals surface area contributed by atoms with Crippen LogP contribution in [0.25, 0.3) is 0 Å². The van der Waals surface area contributed by atoms with Crippen LogP contribution in [0.1, 0.15) is 38.8 Å². The summed E-state index contributed by atoms with van der Waals surface area (Å²) in [5, 5.41) is 3.57. The zero-order valence-electron chi connectivity index (χ0n) is 11.5. The lowest BCUT2D eigenvalue weighted by molar-refractivity contribution is 0.431. The molecule has 2 atom stereocenters. The van der Waals surface area contributed by atoms with Crippen molar-refractivity contribution in [1.82, 2.24) is 5.32 Å². The molecule has 0 aliphatic heterocycles. The summed E-state index contributed by atoms with van der Waals surface area (Å²) in [6.45, 7) is 6.72. The normalized spacial score (nSPS) is 14.4. The highest BCUT2D eigenvalue weighted by Crippen LogP contribution is 2.26. The fourth-order valence-electron chi connectivity index (χ4n) is 1.69. The van der Waals surface area contributed by atoms with Crippen LogP contribution in [0.5, 0.6) is 0 Å². The summed E-state index contributed by atoms with van der Waals surface area (Å²) in [6.07, 6.45) is 1.02. The molecule has 1 nitrogen and oxygen atoms in total. The molecule has 2 unspecified atom stereocenters. The van der Waals surface area contributed by atoms with Crippen LogP contribution in [-0.2, 0) is 0 Å². The third kappa shape index (κ3) is 4.42. The molecule has 0 aliphatic carbocycles. The van der Waals surface area contributed by atoms with Gasteiger partial charge in [-0.15, -0.1) is 0 Å². The molecule has 0 saturated carbocycles. The van der Waals surface area contributed by atoms with Crippen molar-refractivity contribution < 1.29 is 13.2 Å². The predicted molar refractivity (Wildman–Crippen MR) is 74.9 cm³/mol. The van der Waals surface area contributed by atoms with E-state index in [4.69, 9.17) is 0 Å². The molecule has 0 radical (unpaired) electrons. The van der Waals surface area contributed by atoms with Gasteiger partial charge in [-0.1, -0.05) is 26.8 Å². The summed E-state index contributed by atoms with van der Waals surface area (Å²) in [5.74, 6) is -3.00. The van der Waals surface area contributed by atoms with Gasteiger partial charge < -0.3 is 5.32 Å². The lowest BCUT2D eigenvalue weighted by Crippen LogP contribution is -2.25. The van der Waals surface area contributed by atoms with Crippen molar-refractivity contribution in [3.05, 3.63) is 35.1 Å². The van der Waals surface area contributed by atoms with Gasteiger partial charge in [0.2, 0.25) is 0 Å². The minimum absolute atomic E-state index is 0.191. The Kier molecular flexibility index (Phi) is 6.72. The molecule has 0 aromatic heterocycles. The van der Waals surface area contributed by atoms with Gasteiger partial charge in [0.05, 0.1) is 0 Å². The SMILES string of the molecule is CCNC(CSC(C)CC)c1ccc(F)c(F)c1F. The molecule has 1 N–H and O–H groups in total. The summed E-state index contributed by atoms with van der Waals surface area (Å²) < 4.78 is 40.0. The third-order valence-corrected chi connectivity index (χ3v) is 4.44. The van der Waals surface area contributed by atoms with Crippen molar-refractivity contribution in [2.75, 3.05) is 12.3 Å². The van der Waals surface area contributed by atoms with E-state index in [0.717, 1.165) is 12.5 Å². The molecule has 0 amide bonds. The van der Waals surface area contributed by atoms with Crippen LogP contribution in [0.15, 0.2) is 12.1 Å². The minimum atomic E-state index is -1.39. The summed E-state index contributed by atoms with van der Waals surface area (Å²) in [6, 6.07) is 1.99. The van der Waals surface area contributed by atoms with E-state index in [1.54, 1.807) is 11.8 Å². The molecular formula is C14H20F3NS. The van der Waals surface area contributed by atoms with Gasteiger partial charge in [0.1, 0.15) is 0 Å². The summed E-state index contributed by atoms with van der Waals surface area (Å²) >= 11 is 1.69. The van der Waals surface area contributed by atoms with Crippen LogP contribution in [0.4, 0.5) is 13.2 Å². The van der Waals surface area contributed by atoms with Crippen molar-refractivity contribution in [1.29, 1.82) is 0 Å². The molecular weight excluding hydrogens is 271 g/mol. The van der Waals surface area contributed by atoms with Gasteiger partial charge >= 0.3 is 0 Å². The highest BCUT2D eigenvalue weighted by atomic mass is 32.2. The Hall–Kier alpha value is -0.680. The number of hydrogen-bond donors (Lipinski definition) is 1. The first-order chi connectivity index (χ1) is 9.01. The standard InChI is InChI=1S/C14H20F3NS/c1-4-9(3)19-8-12(18-5-2)10-6-7-11(15)14(17)13(10)16/h6-7,9,12,18H,4-5,8H2,1-3H3. The van der Waals surface area contributed by atoms with E-state index < -0.39 is 17.5 Å². The Labute approximate surface area is 117 Å². The highest BCUT2D eigenvalue weighted by molar-refractivity contribution is 7.99. The number of thioether (sulfide) groups is 1. The molecule has 0 saturated heterocycles. The Morgan fingerprint density at radius 1 is 1.16 bits per heavy atom. The topological polar surface area (TPSA) is 12.0 Å². The molecule has 0 fully saturated rings. The van der Waals surface area contributed by atoms with Crippen LogP contribution < -0.4 is 5.32 Å². The number of rotatable bonds is 7. The molecule has 0 spiro atoms. The lowest BCUT2D eigenvalue weighted by Gasteiger charge is -2.20. The third-order valence-electron chi connectivity index (χ3n) is 3.01. The van der Waals surface area contributed by atoms with E-state index in [1.165, 1.54) is 6.07 Å². The maximum atomic E-state index is 13.8. The molecule has 1 aromatic rings. The first-order valence-corrected chi connectivity index (χ1v) is 7.54. The second-order valence-corrected chi connectivity index (χ2v) is 5.90. The van der Waals surface area contributed by atoms with Crippen LogP contribution in [0.3, 0.4) is 0 Å². The van der Waals surface area contributed by atoms with E-state index in [0.29, 0.717) is 17.5 Å². The van der Waals surface area contributed by atoms with Crippen LogP contribution in [-0.4, -0.2) is 17.5 Å². The van der Waals surface area contributed by atoms with Gasteiger partial charge in [-0.3, -0.25) is 0 Å². The Bertz CT molecular complexity index is 412. The van der Waals surface area contributed by atoms with Gasteiger partial charge in [0.15, 0.2) is 17.5 Å².